The van der Waals surface area contributed by atoms with Gasteiger partial charge in [0.05, 0.1) is 11.0 Å². The van der Waals surface area contributed by atoms with E-state index in [1.165, 1.54) is 6.07 Å². The van der Waals surface area contributed by atoms with Crippen LogP contribution in [0, 0.1) is 18.3 Å². The first-order valence-corrected chi connectivity index (χ1v) is 7.23. The van der Waals surface area contributed by atoms with E-state index in [1.807, 2.05) is 20.8 Å². The Bertz CT molecular complexity index is 561. The molecule has 21 heavy (non-hydrogen) atoms. The summed E-state index contributed by atoms with van der Waals surface area (Å²) in [6.07, 6.45) is 0.800. The molecule has 0 saturated carbocycles. The number of nitrogens with one attached hydrogen (secondary N) is 2. The second-order valence-electron chi connectivity index (χ2n) is 6.03. The number of carbonyl (C=O) groups excluding carboxylic acids is 1. The van der Waals surface area contributed by atoms with Crippen LogP contribution in [0.15, 0.2) is 18.2 Å². The minimum absolute atomic E-state index is 0.0341. The van der Waals surface area contributed by atoms with Crippen molar-refractivity contribution in [1.29, 1.82) is 0 Å². The lowest BCUT2D eigenvalue weighted by Crippen LogP contribution is -2.42. The van der Waals surface area contributed by atoms with Crippen LogP contribution >= 0.6 is 0 Å². The van der Waals surface area contributed by atoms with E-state index in [1.54, 1.807) is 12.1 Å². The molecule has 5 heteroatoms. The number of anilines is 1. The fourth-order valence-electron chi connectivity index (χ4n) is 2.80. The molecule has 0 aromatic heterocycles. The van der Waals surface area contributed by atoms with Gasteiger partial charge in [-0.1, -0.05) is 19.9 Å². The van der Waals surface area contributed by atoms with E-state index in [0.29, 0.717) is 12.2 Å². The maximum atomic E-state index is 12.7. The highest BCUT2D eigenvalue weighted by Crippen LogP contribution is 2.35. The second kappa shape index (κ2) is 5.85. The number of carboxylic acids is 1. The highest BCUT2D eigenvalue weighted by molar-refractivity contribution is 5.98. The molecule has 114 valence electrons. The van der Waals surface area contributed by atoms with Gasteiger partial charge in [0.2, 0.25) is 5.91 Å². The molecule has 1 fully saturated rings. The first kappa shape index (κ1) is 15.5. The molecule has 1 heterocycles. The quantitative estimate of drug-likeness (QED) is 0.795. The van der Waals surface area contributed by atoms with Gasteiger partial charge in [-0.25, -0.2) is 4.79 Å². The van der Waals surface area contributed by atoms with E-state index < -0.39 is 11.4 Å². The molecule has 1 aromatic rings. The molecule has 2 rings (SSSR count). The Kier molecular flexibility index (Phi) is 4.32. The number of carboxylic acid groups (broad SMARTS) is 1. The van der Waals surface area contributed by atoms with Crippen molar-refractivity contribution in [2.24, 2.45) is 11.3 Å². The molecule has 1 saturated heterocycles. The molecule has 5 nitrogen and oxygen atoms in total. The molecule has 3 N–H and O–H groups in total. The number of carbonyl (C=O) groups is 2. The molecule has 0 radical (unpaired) electrons. The second-order valence-corrected chi connectivity index (χ2v) is 6.03. The van der Waals surface area contributed by atoms with Crippen LogP contribution in [0.4, 0.5) is 5.69 Å². The van der Waals surface area contributed by atoms with Crippen molar-refractivity contribution in [2.45, 2.75) is 27.2 Å². The highest BCUT2D eigenvalue weighted by atomic mass is 16.4. The van der Waals surface area contributed by atoms with Crippen LogP contribution < -0.4 is 10.6 Å². The predicted molar refractivity (Wildman–Crippen MR) is 81.5 cm³/mol. The molecule has 1 amide bonds. The zero-order valence-corrected chi connectivity index (χ0v) is 12.7. The zero-order chi connectivity index (χ0) is 15.6. The summed E-state index contributed by atoms with van der Waals surface area (Å²) in [5.41, 5.74) is 1.19. The standard InChI is InChI=1S/C16H22N2O3/c1-10(2)16(6-7-17-9-16)15(21)18-13-8-12(14(19)20)5-4-11(13)3/h4-5,8,10,17H,6-7,9H2,1-3H3,(H,18,21)(H,19,20). The summed E-state index contributed by atoms with van der Waals surface area (Å²) in [6.45, 7) is 7.45. The average molecular weight is 290 g/mol. The number of rotatable bonds is 4. The number of hydrogen-bond acceptors (Lipinski definition) is 3. The number of amides is 1. The van der Waals surface area contributed by atoms with Crippen LogP contribution in [0.3, 0.4) is 0 Å². The molecule has 1 aliphatic heterocycles. The monoisotopic (exact) mass is 290 g/mol. The topological polar surface area (TPSA) is 78.4 Å². The summed E-state index contributed by atoms with van der Waals surface area (Å²) in [5, 5.41) is 15.2. The Labute approximate surface area is 124 Å². The maximum absolute atomic E-state index is 12.7. The number of aryl methyl sites for hydroxylation is 1. The van der Waals surface area contributed by atoms with Gasteiger partial charge in [0.25, 0.3) is 0 Å². The van der Waals surface area contributed by atoms with Crippen LogP contribution in [-0.2, 0) is 4.79 Å². The van der Waals surface area contributed by atoms with Crippen LogP contribution in [0.25, 0.3) is 0 Å². The van der Waals surface area contributed by atoms with Crippen LogP contribution in [-0.4, -0.2) is 30.1 Å². The molecule has 1 aromatic carbocycles. The fourth-order valence-corrected chi connectivity index (χ4v) is 2.80. The lowest BCUT2D eigenvalue weighted by molar-refractivity contribution is -0.126. The van der Waals surface area contributed by atoms with Crippen molar-refractivity contribution < 1.29 is 14.7 Å². The minimum Gasteiger partial charge on any atom is -0.478 e. The van der Waals surface area contributed by atoms with Crippen molar-refractivity contribution >= 4 is 17.6 Å². The van der Waals surface area contributed by atoms with Gasteiger partial charge in [0, 0.05) is 12.2 Å². The first-order valence-electron chi connectivity index (χ1n) is 7.23. The van der Waals surface area contributed by atoms with Crippen molar-refractivity contribution in [3.8, 4) is 0 Å². The van der Waals surface area contributed by atoms with Gasteiger partial charge in [-0.15, -0.1) is 0 Å². The minimum atomic E-state index is -0.994. The lowest BCUT2D eigenvalue weighted by atomic mass is 9.75. The van der Waals surface area contributed by atoms with E-state index in [9.17, 15) is 9.59 Å². The molecule has 1 aliphatic rings. The van der Waals surface area contributed by atoms with Crippen LogP contribution in [0.1, 0.15) is 36.2 Å². The SMILES string of the molecule is Cc1ccc(C(=O)O)cc1NC(=O)C1(C(C)C)CCNC1. The van der Waals surface area contributed by atoms with Gasteiger partial charge < -0.3 is 15.7 Å². The average Bonchev–Trinajstić information content (AvgIpc) is 2.91. The Morgan fingerprint density at radius 2 is 2.10 bits per heavy atom. The summed E-state index contributed by atoms with van der Waals surface area (Å²) >= 11 is 0. The highest BCUT2D eigenvalue weighted by Gasteiger charge is 2.43. The van der Waals surface area contributed by atoms with E-state index in [0.717, 1.165) is 18.5 Å². The predicted octanol–water partition coefficient (Wildman–Crippen LogP) is 2.27. The Morgan fingerprint density at radius 1 is 1.38 bits per heavy atom. The van der Waals surface area contributed by atoms with E-state index in [4.69, 9.17) is 5.11 Å². The van der Waals surface area contributed by atoms with Gasteiger partial charge in [-0.05, 0) is 43.5 Å². The largest absolute Gasteiger partial charge is 0.478 e. The molecule has 0 aliphatic carbocycles. The Hall–Kier alpha value is -1.88. The van der Waals surface area contributed by atoms with Gasteiger partial charge >= 0.3 is 5.97 Å². The van der Waals surface area contributed by atoms with E-state index in [-0.39, 0.29) is 17.4 Å². The van der Waals surface area contributed by atoms with Crippen molar-refractivity contribution in [2.75, 3.05) is 18.4 Å². The van der Waals surface area contributed by atoms with Gasteiger partial charge in [-0.3, -0.25) is 4.79 Å². The molecular weight excluding hydrogens is 268 g/mol. The van der Waals surface area contributed by atoms with Gasteiger partial charge in [-0.2, -0.15) is 0 Å². The van der Waals surface area contributed by atoms with Crippen molar-refractivity contribution in [3.63, 3.8) is 0 Å². The Balaban J connectivity index is 2.26. The summed E-state index contributed by atoms with van der Waals surface area (Å²) in [5.74, 6) is -0.810. The molecule has 1 atom stereocenters. The van der Waals surface area contributed by atoms with E-state index in [2.05, 4.69) is 10.6 Å². The molecule has 0 bridgehead atoms. The summed E-state index contributed by atoms with van der Waals surface area (Å²) in [6, 6.07) is 4.78. The molecule has 0 spiro atoms. The summed E-state index contributed by atoms with van der Waals surface area (Å²) in [7, 11) is 0. The van der Waals surface area contributed by atoms with Crippen LogP contribution in [0.2, 0.25) is 0 Å². The van der Waals surface area contributed by atoms with E-state index >= 15 is 0 Å². The number of hydrogen-bond donors (Lipinski definition) is 3. The third-order valence-corrected chi connectivity index (χ3v) is 4.48. The zero-order valence-electron chi connectivity index (χ0n) is 12.7. The first-order chi connectivity index (χ1) is 9.86. The number of aromatic carboxylic acids is 1. The van der Waals surface area contributed by atoms with Gasteiger partial charge in [0.1, 0.15) is 0 Å². The smallest absolute Gasteiger partial charge is 0.335 e. The summed E-state index contributed by atoms with van der Waals surface area (Å²) < 4.78 is 0. The summed E-state index contributed by atoms with van der Waals surface area (Å²) in [4.78, 5) is 23.8. The molecular formula is C16H22N2O3. The molecule has 1 unspecified atom stereocenters. The van der Waals surface area contributed by atoms with Gasteiger partial charge in [0.15, 0.2) is 0 Å². The third-order valence-electron chi connectivity index (χ3n) is 4.48. The normalized spacial score (nSPS) is 21.5. The number of benzene rings is 1. The van der Waals surface area contributed by atoms with Crippen molar-refractivity contribution in [3.05, 3.63) is 29.3 Å². The van der Waals surface area contributed by atoms with Crippen LogP contribution in [0.5, 0.6) is 0 Å². The fraction of sp³-hybridized carbons (Fsp3) is 0.500. The maximum Gasteiger partial charge on any atom is 0.335 e. The lowest BCUT2D eigenvalue weighted by Gasteiger charge is -2.31. The Morgan fingerprint density at radius 3 is 2.62 bits per heavy atom. The van der Waals surface area contributed by atoms with Crippen molar-refractivity contribution in [1.82, 2.24) is 5.32 Å². The third kappa shape index (κ3) is 2.93.